The summed E-state index contributed by atoms with van der Waals surface area (Å²) in [6, 6.07) is 20.4. The van der Waals surface area contributed by atoms with Crippen molar-refractivity contribution in [1.82, 2.24) is 0 Å². The van der Waals surface area contributed by atoms with Gasteiger partial charge in [0.1, 0.15) is 5.76 Å². The van der Waals surface area contributed by atoms with Crippen LogP contribution in [0.15, 0.2) is 66.2 Å². The SMILES string of the molecule is COC(=O)C1(O)CC(c2ccccc2)C(C#N)=C(c2ccccc2)O1. The molecular weight excluding hydrogens is 318 g/mol. The molecule has 0 fully saturated rings. The number of benzene rings is 2. The fourth-order valence-electron chi connectivity index (χ4n) is 2.99. The smallest absolute Gasteiger partial charge is 0.379 e. The van der Waals surface area contributed by atoms with Crippen LogP contribution in [0.3, 0.4) is 0 Å². The summed E-state index contributed by atoms with van der Waals surface area (Å²) in [6.45, 7) is 0. The molecule has 3 rings (SSSR count). The number of rotatable bonds is 3. The molecular formula is C20H17NO4. The van der Waals surface area contributed by atoms with Crippen LogP contribution in [0.5, 0.6) is 0 Å². The summed E-state index contributed by atoms with van der Waals surface area (Å²) in [5.41, 5.74) is 1.80. The fourth-order valence-corrected chi connectivity index (χ4v) is 2.99. The Labute approximate surface area is 145 Å². The molecule has 0 aliphatic carbocycles. The van der Waals surface area contributed by atoms with Gasteiger partial charge in [0, 0.05) is 17.9 Å². The Morgan fingerprint density at radius 1 is 1.20 bits per heavy atom. The van der Waals surface area contributed by atoms with Crippen LogP contribution in [0.1, 0.15) is 23.5 Å². The summed E-state index contributed by atoms with van der Waals surface area (Å²) in [5, 5.41) is 20.5. The van der Waals surface area contributed by atoms with E-state index in [9.17, 15) is 15.2 Å². The molecule has 1 N–H and O–H groups in total. The van der Waals surface area contributed by atoms with E-state index in [4.69, 9.17) is 9.47 Å². The lowest BCUT2D eigenvalue weighted by atomic mass is 9.82. The minimum absolute atomic E-state index is 0.0943. The molecule has 0 aromatic heterocycles. The van der Waals surface area contributed by atoms with Crippen molar-refractivity contribution in [1.29, 1.82) is 5.26 Å². The van der Waals surface area contributed by atoms with Gasteiger partial charge in [-0.05, 0) is 5.56 Å². The molecule has 5 nitrogen and oxygen atoms in total. The van der Waals surface area contributed by atoms with E-state index in [-0.39, 0.29) is 12.2 Å². The van der Waals surface area contributed by atoms with E-state index in [1.807, 2.05) is 36.4 Å². The Kier molecular flexibility index (Phi) is 4.55. The van der Waals surface area contributed by atoms with Crippen molar-refractivity contribution >= 4 is 11.7 Å². The second-order valence-corrected chi connectivity index (χ2v) is 5.77. The normalized spacial score (nSPS) is 22.7. The van der Waals surface area contributed by atoms with Crippen molar-refractivity contribution in [2.24, 2.45) is 0 Å². The van der Waals surface area contributed by atoms with E-state index in [2.05, 4.69) is 6.07 Å². The minimum Gasteiger partial charge on any atom is -0.464 e. The van der Waals surface area contributed by atoms with Crippen molar-refractivity contribution < 1.29 is 19.4 Å². The number of nitrogens with zero attached hydrogens (tertiary/aromatic N) is 1. The van der Waals surface area contributed by atoms with Crippen molar-refractivity contribution in [3.05, 3.63) is 77.4 Å². The number of esters is 1. The number of hydrogen-bond donors (Lipinski definition) is 1. The number of carbonyl (C=O) groups excluding carboxylic acids is 1. The van der Waals surface area contributed by atoms with Crippen molar-refractivity contribution in [3.63, 3.8) is 0 Å². The topological polar surface area (TPSA) is 79.5 Å². The Balaban J connectivity index is 2.19. The minimum atomic E-state index is -2.15. The monoisotopic (exact) mass is 335 g/mol. The summed E-state index contributed by atoms with van der Waals surface area (Å²) in [5.74, 6) is -3.34. The highest BCUT2D eigenvalue weighted by Gasteiger charge is 2.48. The Hall–Kier alpha value is -3.10. The number of ether oxygens (including phenoxy) is 2. The summed E-state index contributed by atoms with van der Waals surface area (Å²) >= 11 is 0. The highest BCUT2D eigenvalue weighted by molar-refractivity contribution is 5.81. The third-order valence-electron chi connectivity index (χ3n) is 4.21. The first-order valence-corrected chi connectivity index (χ1v) is 7.83. The molecule has 0 amide bonds. The van der Waals surface area contributed by atoms with E-state index < -0.39 is 17.7 Å². The molecule has 2 aromatic rings. The maximum Gasteiger partial charge on any atom is 0.379 e. The average Bonchev–Trinajstić information content (AvgIpc) is 2.68. The molecule has 25 heavy (non-hydrogen) atoms. The van der Waals surface area contributed by atoms with Gasteiger partial charge in [0.25, 0.3) is 0 Å². The van der Waals surface area contributed by atoms with Gasteiger partial charge in [0.15, 0.2) is 0 Å². The zero-order valence-corrected chi connectivity index (χ0v) is 13.7. The molecule has 2 aromatic carbocycles. The van der Waals surface area contributed by atoms with Crippen LogP contribution >= 0.6 is 0 Å². The van der Waals surface area contributed by atoms with Gasteiger partial charge >= 0.3 is 11.8 Å². The zero-order valence-electron chi connectivity index (χ0n) is 13.7. The van der Waals surface area contributed by atoms with Gasteiger partial charge in [0.2, 0.25) is 0 Å². The number of methoxy groups -OCH3 is 1. The standard InChI is InChI=1S/C20H17NO4/c1-24-19(22)20(23)12-16(14-8-4-2-5-9-14)17(13-21)18(25-20)15-10-6-3-7-11-15/h2-11,16,23H,12H2,1H3. The number of hydrogen-bond acceptors (Lipinski definition) is 5. The van der Waals surface area contributed by atoms with Gasteiger partial charge in [0.05, 0.1) is 18.8 Å². The first-order chi connectivity index (χ1) is 12.1. The molecule has 1 heterocycles. The third-order valence-corrected chi connectivity index (χ3v) is 4.21. The van der Waals surface area contributed by atoms with E-state index in [0.29, 0.717) is 11.1 Å². The molecule has 1 aliphatic rings. The molecule has 0 bridgehead atoms. The fraction of sp³-hybridized carbons (Fsp3) is 0.200. The summed E-state index contributed by atoms with van der Waals surface area (Å²) in [7, 11) is 1.19. The summed E-state index contributed by atoms with van der Waals surface area (Å²) in [4.78, 5) is 12.1. The lowest BCUT2D eigenvalue weighted by Gasteiger charge is -2.36. The van der Waals surface area contributed by atoms with E-state index in [0.717, 1.165) is 5.56 Å². The van der Waals surface area contributed by atoms with Crippen LogP contribution < -0.4 is 0 Å². The van der Waals surface area contributed by atoms with Gasteiger partial charge in [-0.1, -0.05) is 60.7 Å². The second-order valence-electron chi connectivity index (χ2n) is 5.77. The number of nitriles is 1. The molecule has 0 radical (unpaired) electrons. The molecule has 5 heteroatoms. The van der Waals surface area contributed by atoms with Gasteiger partial charge in [-0.2, -0.15) is 5.26 Å². The van der Waals surface area contributed by atoms with Crippen LogP contribution in [-0.2, 0) is 14.3 Å². The lowest BCUT2D eigenvalue weighted by molar-refractivity contribution is -0.210. The Morgan fingerprint density at radius 2 is 1.80 bits per heavy atom. The number of allylic oxidation sites excluding steroid dienone is 1. The number of carbonyl (C=O) groups is 1. The second kappa shape index (κ2) is 6.80. The maximum atomic E-state index is 12.1. The van der Waals surface area contributed by atoms with E-state index in [1.165, 1.54) is 7.11 Å². The molecule has 0 spiro atoms. The van der Waals surface area contributed by atoms with Gasteiger partial charge in [-0.3, -0.25) is 0 Å². The van der Waals surface area contributed by atoms with E-state index >= 15 is 0 Å². The van der Waals surface area contributed by atoms with Crippen molar-refractivity contribution in [2.75, 3.05) is 7.11 Å². The predicted octanol–water partition coefficient (Wildman–Crippen LogP) is 2.99. The zero-order chi connectivity index (χ0) is 17.9. The van der Waals surface area contributed by atoms with Gasteiger partial charge in [-0.25, -0.2) is 4.79 Å². The van der Waals surface area contributed by atoms with Crippen LogP contribution in [0, 0.1) is 11.3 Å². The van der Waals surface area contributed by atoms with Crippen LogP contribution in [0.25, 0.3) is 5.76 Å². The highest BCUT2D eigenvalue weighted by Crippen LogP contribution is 2.44. The van der Waals surface area contributed by atoms with Gasteiger partial charge < -0.3 is 14.6 Å². The quantitative estimate of drug-likeness (QED) is 0.872. The third kappa shape index (κ3) is 3.12. The summed E-state index contributed by atoms with van der Waals surface area (Å²) < 4.78 is 10.3. The largest absolute Gasteiger partial charge is 0.464 e. The van der Waals surface area contributed by atoms with Gasteiger partial charge in [-0.15, -0.1) is 0 Å². The van der Waals surface area contributed by atoms with Crippen LogP contribution in [-0.4, -0.2) is 24.0 Å². The molecule has 1 aliphatic heterocycles. The van der Waals surface area contributed by atoms with Crippen LogP contribution in [0.4, 0.5) is 0 Å². The molecule has 2 unspecified atom stereocenters. The maximum absolute atomic E-state index is 12.1. The first kappa shape index (κ1) is 16.7. The molecule has 0 saturated carbocycles. The molecule has 126 valence electrons. The molecule has 2 atom stereocenters. The first-order valence-electron chi connectivity index (χ1n) is 7.83. The van der Waals surface area contributed by atoms with Crippen molar-refractivity contribution in [2.45, 2.75) is 18.1 Å². The highest BCUT2D eigenvalue weighted by atomic mass is 16.7. The molecule has 0 saturated heterocycles. The Morgan fingerprint density at radius 3 is 2.36 bits per heavy atom. The average molecular weight is 335 g/mol. The lowest BCUT2D eigenvalue weighted by Crippen LogP contribution is -2.46. The number of aliphatic hydroxyl groups is 1. The Bertz CT molecular complexity index is 839. The predicted molar refractivity (Wildman–Crippen MR) is 90.8 cm³/mol. The van der Waals surface area contributed by atoms with E-state index in [1.54, 1.807) is 24.3 Å². The summed E-state index contributed by atoms with van der Waals surface area (Å²) in [6.07, 6.45) is -0.0943. The van der Waals surface area contributed by atoms with Crippen molar-refractivity contribution in [3.8, 4) is 6.07 Å². The van der Waals surface area contributed by atoms with Crippen LogP contribution in [0.2, 0.25) is 0 Å².